The molecule has 2 aromatic carbocycles. The lowest BCUT2D eigenvalue weighted by molar-refractivity contribution is 0.0161. The largest absolute Gasteiger partial charge is 0.379 e. The summed E-state index contributed by atoms with van der Waals surface area (Å²) in [5.41, 5.74) is 7.38. The summed E-state index contributed by atoms with van der Waals surface area (Å²) < 4.78 is 5.57. The number of hydrogen-bond donors (Lipinski definition) is 2. The third-order valence-electron chi connectivity index (χ3n) is 5.66. The Bertz CT molecular complexity index is 895. The first-order valence-electron chi connectivity index (χ1n) is 10.4. The molecule has 1 aromatic heterocycles. The van der Waals surface area contributed by atoms with Gasteiger partial charge in [0.05, 0.1) is 25.1 Å². The van der Waals surface area contributed by atoms with Crippen molar-refractivity contribution in [1.29, 1.82) is 0 Å². The summed E-state index contributed by atoms with van der Waals surface area (Å²) in [6, 6.07) is 17.8. The third-order valence-corrected chi connectivity index (χ3v) is 5.66. The molecule has 29 heavy (non-hydrogen) atoms. The van der Waals surface area contributed by atoms with E-state index in [9.17, 15) is 0 Å². The van der Waals surface area contributed by atoms with Crippen molar-refractivity contribution >= 4 is 0 Å². The van der Waals surface area contributed by atoms with Gasteiger partial charge in [0.2, 0.25) is 0 Å². The van der Waals surface area contributed by atoms with E-state index in [1.807, 2.05) is 6.20 Å². The van der Waals surface area contributed by atoms with Crippen LogP contribution < -0.4 is 5.32 Å². The number of nitrogens with one attached hydrogen (secondary N) is 2. The van der Waals surface area contributed by atoms with E-state index < -0.39 is 0 Å². The van der Waals surface area contributed by atoms with Gasteiger partial charge >= 0.3 is 0 Å². The maximum absolute atomic E-state index is 5.57. The standard InChI is InChI=1S/C24H30N4O/c1-18-3-7-20(8-4-18)23(28-11-13-29-14-12-28)17-25-15-22-16-26-27-24(22)21-9-5-19(2)6-10-21/h3-10,16,23,25H,11-15,17H2,1-2H3,(H,26,27). The van der Waals surface area contributed by atoms with Gasteiger partial charge in [-0.3, -0.25) is 10.00 Å². The zero-order chi connectivity index (χ0) is 20.1. The van der Waals surface area contributed by atoms with Crippen molar-refractivity contribution in [2.45, 2.75) is 26.4 Å². The van der Waals surface area contributed by atoms with E-state index in [2.05, 4.69) is 82.8 Å². The first-order chi connectivity index (χ1) is 14.2. The van der Waals surface area contributed by atoms with Crippen LogP contribution >= 0.6 is 0 Å². The van der Waals surface area contributed by atoms with Crippen LogP contribution in [-0.2, 0) is 11.3 Å². The summed E-state index contributed by atoms with van der Waals surface area (Å²) in [6.07, 6.45) is 1.93. The van der Waals surface area contributed by atoms with Gasteiger partial charge < -0.3 is 10.1 Å². The molecule has 1 unspecified atom stereocenters. The van der Waals surface area contributed by atoms with Gasteiger partial charge in [0.25, 0.3) is 0 Å². The molecule has 1 saturated heterocycles. The number of aromatic nitrogens is 2. The van der Waals surface area contributed by atoms with Crippen LogP contribution in [0.1, 0.15) is 28.3 Å². The van der Waals surface area contributed by atoms with Gasteiger partial charge in [-0.25, -0.2) is 0 Å². The predicted octanol–water partition coefficient (Wildman–Crippen LogP) is 3.86. The first kappa shape index (κ1) is 19.8. The van der Waals surface area contributed by atoms with E-state index in [1.165, 1.54) is 27.8 Å². The highest BCUT2D eigenvalue weighted by molar-refractivity contribution is 5.62. The molecule has 5 heteroatoms. The molecular formula is C24H30N4O. The molecule has 2 N–H and O–H groups in total. The summed E-state index contributed by atoms with van der Waals surface area (Å²) in [6.45, 7) is 9.48. The quantitative estimate of drug-likeness (QED) is 0.643. The van der Waals surface area contributed by atoms with Crippen LogP contribution in [0.5, 0.6) is 0 Å². The van der Waals surface area contributed by atoms with Gasteiger partial charge in [0, 0.05) is 37.8 Å². The van der Waals surface area contributed by atoms with Crippen LogP contribution in [0.2, 0.25) is 0 Å². The highest BCUT2D eigenvalue weighted by Gasteiger charge is 2.22. The number of benzene rings is 2. The van der Waals surface area contributed by atoms with Crippen LogP contribution in [0.3, 0.4) is 0 Å². The second-order valence-electron chi connectivity index (χ2n) is 7.84. The minimum absolute atomic E-state index is 0.342. The molecule has 2 heterocycles. The number of nitrogens with zero attached hydrogens (tertiary/aromatic N) is 2. The second kappa shape index (κ2) is 9.35. The average Bonchev–Trinajstić information content (AvgIpc) is 3.22. The molecule has 4 rings (SSSR count). The minimum Gasteiger partial charge on any atom is -0.379 e. The Hall–Kier alpha value is -2.47. The normalized spacial score (nSPS) is 16.1. The smallest absolute Gasteiger partial charge is 0.0695 e. The maximum atomic E-state index is 5.57. The molecule has 1 atom stereocenters. The number of H-pyrrole nitrogens is 1. The predicted molar refractivity (Wildman–Crippen MR) is 117 cm³/mol. The summed E-state index contributed by atoms with van der Waals surface area (Å²) in [5.74, 6) is 0. The fourth-order valence-corrected chi connectivity index (χ4v) is 3.89. The Morgan fingerprint density at radius 1 is 1.00 bits per heavy atom. The van der Waals surface area contributed by atoms with Crippen molar-refractivity contribution in [3.05, 3.63) is 77.0 Å². The van der Waals surface area contributed by atoms with Gasteiger partial charge in [-0.2, -0.15) is 5.10 Å². The fourth-order valence-electron chi connectivity index (χ4n) is 3.89. The lowest BCUT2D eigenvalue weighted by atomic mass is 10.0. The molecule has 5 nitrogen and oxygen atoms in total. The Morgan fingerprint density at radius 3 is 2.34 bits per heavy atom. The maximum Gasteiger partial charge on any atom is 0.0695 e. The molecule has 0 amide bonds. The zero-order valence-electron chi connectivity index (χ0n) is 17.3. The van der Waals surface area contributed by atoms with Gasteiger partial charge in [0.15, 0.2) is 0 Å². The molecule has 0 bridgehead atoms. The SMILES string of the molecule is Cc1ccc(-c2[nH]ncc2CNCC(c2ccc(C)cc2)N2CCOCC2)cc1. The van der Waals surface area contributed by atoms with Crippen LogP contribution in [0, 0.1) is 13.8 Å². The fraction of sp³-hybridized carbons (Fsp3) is 0.375. The van der Waals surface area contributed by atoms with Crippen molar-refractivity contribution in [3.63, 3.8) is 0 Å². The lowest BCUT2D eigenvalue weighted by Gasteiger charge is -2.35. The number of rotatable bonds is 7. The molecule has 3 aromatic rings. The topological polar surface area (TPSA) is 53.2 Å². The molecule has 152 valence electrons. The van der Waals surface area contributed by atoms with Crippen molar-refractivity contribution in [3.8, 4) is 11.3 Å². The van der Waals surface area contributed by atoms with Crippen molar-refractivity contribution in [2.24, 2.45) is 0 Å². The van der Waals surface area contributed by atoms with Crippen LogP contribution in [0.15, 0.2) is 54.7 Å². The number of aromatic amines is 1. The van der Waals surface area contributed by atoms with E-state index >= 15 is 0 Å². The molecule has 0 spiro atoms. The van der Waals surface area contributed by atoms with Gasteiger partial charge in [0.1, 0.15) is 0 Å². The highest BCUT2D eigenvalue weighted by Crippen LogP contribution is 2.24. The first-order valence-corrected chi connectivity index (χ1v) is 10.4. The van der Waals surface area contributed by atoms with E-state index in [1.54, 1.807) is 0 Å². The van der Waals surface area contributed by atoms with Crippen LogP contribution in [0.25, 0.3) is 11.3 Å². The Labute approximate surface area is 173 Å². The number of hydrogen-bond acceptors (Lipinski definition) is 4. The van der Waals surface area contributed by atoms with Crippen molar-refractivity contribution in [1.82, 2.24) is 20.4 Å². The van der Waals surface area contributed by atoms with Gasteiger partial charge in [-0.1, -0.05) is 59.7 Å². The van der Waals surface area contributed by atoms with Gasteiger partial charge in [-0.15, -0.1) is 0 Å². The second-order valence-corrected chi connectivity index (χ2v) is 7.84. The molecule has 0 aliphatic carbocycles. The summed E-state index contributed by atoms with van der Waals surface area (Å²) >= 11 is 0. The summed E-state index contributed by atoms with van der Waals surface area (Å²) in [4.78, 5) is 2.53. The average molecular weight is 391 g/mol. The summed E-state index contributed by atoms with van der Waals surface area (Å²) in [5, 5.41) is 11.1. The molecule has 1 aliphatic heterocycles. The van der Waals surface area contributed by atoms with E-state index in [0.29, 0.717) is 6.04 Å². The van der Waals surface area contributed by atoms with Gasteiger partial charge in [-0.05, 0) is 25.0 Å². The Kier molecular flexibility index (Phi) is 6.39. The van der Waals surface area contributed by atoms with E-state index in [-0.39, 0.29) is 0 Å². The molecule has 0 saturated carbocycles. The third kappa shape index (κ3) is 4.93. The molecule has 1 aliphatic rings. The van der Waals surface area contributed by atoms with Crippen LogP contribution in [-0.4, -0.2) is 47.9 Å². The molecular weight excluding hydrogens is 360 g/mol. The van der Waals surface area contributed by atoms with Crippen molar-refractivity contribution < 1.29 is 4.74 Å². The molecule has 0 radical (unpaired) electrons. The van der Waals surface area contributed by atoms with Crippen LogP contribution in [0.4, 0.5) is 0 Å². The van der Waals surface area contributed by atoms with Crippen molar-refractivity contribution in [2.75, 3.05) is 32.8 Å². The van der Waals surface area contributed by atoms with E-state index in [0.717, 1.165) is 45.1 Å². The highest BCUT2D eigenvalue weighted by atomic mass is 16.5. The Balaban J connectivity index is 1.45. The number of morpholine rings is 1. The number of aryl methyl sites for hydroxylation is 2. The monoisotopic (exact) mass is 390 g/mol. The van der Waals surface area contributed by atoms with E-state index in [4.69, 9.17) is 4.74 Å². The zero-order valence-corrected chi connectivity index (χ0v) is 17.3. The minimum atomic E-state index is 0.342. The summed E-state index contributed by atoms with van der Waals surface area (Å²) in [7, 11) is 0. The lowest BCUT2D eigenvalue weighted by Crippen LogP contribution is -2.42. The molecule has 1 fully saturated rings. The number of ether oxygens (including phenoxy) is 1. The Morgan fingerprint density at radius 2 is 1.66 bits per heavy atom.